The molecule has 1 saturated heterocycles. The number of aromatic nitrogens is 1. The van der Waals surface area contributed by atoms with Crippen molar-refractivity contribution in [1.82, 2.24) is 15.2 Å². The van der Waals surface area contributed by atoms with Crippen LogP contribution in [-0.2, 0) is 4.79 Å². The van der Waals surface area contributed by atoms with Gasteiger partial charge in [-0.05, 0) is 25.5 Å². The van der Waals surface area contributed by atoms with Crippen LogP contribution in [0.4, 0.5) is 5.82 Å². The highest BCUT2D eigenvalue weighted by molar-refractivity contribution is 5.97. The van der Waals surface area contributed by atoms with Crippen molar-refractivity contribution >= 4 is 17.6 Å². The fourth-order valence-corrected chi connectivity index (χ4v) is 2.08. The summed E-state index contributed by atoms with van der Waals surface area (Å²) in [5.41, 5.74) is 1.33. The zero-order chi connectivity index (χ0) is 13.8. The van der Waals surface area contributed by atoms with E-state index in [1.165, 1.54) is 0 Å². The Morgan fingerprint density at radius 1 is 1.47 bits per heavy atom. The summed E-state index contributed by atoms with van der Waals surface area (Å²) in [6, 6.07) is 3.45. The molecule has 0 saturated carbocycles. The summed E-state index contributed by atoms with van der Waals surface area (Å²) in [6.07, 6.45) is 0.778. The van der Waals surface area contributed by atoms with Gasteiger partial charge in [-0.1, -0.05) is 0 Å². The van der Waals surface area contributed by atoms with E-state index in [-0.39, 0.29) is 18.4 Å². The van der Waals surface area contributed by atoms with E-state index in [1.54, 1.807) is 24.1 Å². The quantitative estimate of drug-likeness (QED) is 0.808. The van der Waals surface area contributed by atoms with Crippen LogP contribution in [0.1, 0.15) is 22.5 Å². The van der Waals surface area contributed by atoms with Crippen LogP contribution in [0.5, 0.6) is 0 Å². The number of rotatable bonds is 2. The Labute approximate surface area is 112 Å². The average Bonchev–Trinajstić information content (AvgIpc) is 2.61. The summed E-state index contributed by atoms with van der Waals surface area (Å²) < 4.78 is 0. The van der Waals surface area contributed by atoms with Crippen LogP contribution >= 0.6 is 0 Å². The van der Waals surface area contributed by atoms with Crippen LogP contribution in [0.15, 0.2) is 12.1 Å². The summed E-state index contributed by atoms with van der Waals surface area (Å²) >= 11 is 0. The molecule has 0 aliphatic carbocycles. The van der Waals surface area contributed by atoms with Crippen molar-refractivity contribution in [2.45, 2.75) is 13.3 Å². The second-order valence-corrected chi connectivity index (χ2v) is 4.56. The molecule has 2 heterocycles. The highest BCUT2D eigenvalue weighted by atomic mass is 16.2. The number of carbonyl (C=O) groups excluding carboxylic acids is 2. The predicted octanol–water partition coefficient (Wildman–Crippen LogP) is 0.394. The van der Waals surface area contributed by atoms with Crippen molar-refractivity contribution in [2.24, 2.45) is 0 Å². The topological polar surface area (TPSA) is 74.3 Å². The van der Waals surface area contributed by atoms with Gasteiger partial charge < -0.3 is 15.5 Å². The Morgan fingerprint density at radius 2 is 2.26 bits per heavy atom. The third kappa shape index (κ3) is 3.21. The Kier molecular flexibility index (Phi) is 3.99. The van der Waals surface area contributed by atoms with Crippen LogP contribution in [0.2, 0.25) is 0 Å². The summed E-state index contributed by atoms with van der Waals surface area (Å²) in [5, 5.41) is 5.68. The van der Waals surface area contributed by atoms with Gasteiger partial charge in [0, 0.05) is 31.4 Å². The van der Waals surface area contributed by atoms with Crippen molar-refractivity contribution in [2.75, 3.05) is 32.0 Å². The number of aryl methyl sites for hydroxylation is 1. The molecule has 19 heavy (non-hydrogen) atoms. The first kappa shape index (κ1) is 13.3. The monoisotopic (exact) mass is 262 g/mol. The molecule has 0 spiro atoms. The molecular formula is C13H18N4O2. The van der Waals surface area contributed by atoms with Gasteiger partial charge in [0.15, 0.2) is 0 Å². The molecule has 102 valence electrons. The van der Waals surface area contributed by atoms with Gasteiger partial charge in [-0.2, -0.15) is 0 Å². The number of carbonyl (C=O) groups is 2. The molecule has 6 nitrogen and oxygen atoms in total. The third-order valence-electron chi connectivity index (χ3n) is 3.01. The van der Waals surface area contributed by atoms with E-state index in [0.717, 1.165) is 12.1 Å². The minimum atomic E-state index is -0.126. The second kappa shape index (κ2) is 5.69. The maximum atomic E-state index is 12.4. The summed E-state index contributed by atoms with van der Waals surface area (Å²) in [4.78, 5) is 29.7. The smallest absolute Gasteiger partial charge is 0.254 e. The first-order chi connectivity index (χ1) is 9.10. The second-order valence-electron chi connectivity index (χ2n) is 4.56. The predicted molar refractivity (Wildman–Crippen MR) is 72.1 cm³/mol. The molecule has 0 atom stereocenters. The van der Waals surface area contributed by atoms with Crippen molar-refractivity contribution in [3.8, 4) is 0 Å². The molecule has 2 amide bonds. The standard InChI is InChI=1S/C13H18N4O2/c1-9-6-10(7-11(14-2)16-9)13(19)17-5-3-4-15-12(18)8-17/h6-7H,3-5,8H2,1-2H3,(H,14,16)(H,15,18). The van der Waals surface area contributed by atoms with Gasteiger partial charge in [-0.3, -0.25) is 9.59 Å². The fraction of sp³-hybridized carbons (Fsp3) is 0.462. The van der Waals surface area contributed by atoms with E-state index in [4.69, 9.17) is 0 Å². The fourth-order valence-electron chi connectivity index (χ4n) is 2.08. The lowest BCUT2D eigenvalue weighted by Gasteiger charge is -2.19. The van der Waals surface area contributed by atoms with E-state index >= 15 is 0 Å². The summed E-state index contributed by atoms with van der Waals surface area (Å²) in [6.45, 7) is 3.18. The molecule has 1 aliphatic rings. The molecule has 2 rings (SSSR count). The number of nitrogens with zero attached hydrogens (tertiary/aromatic N) is 2. The van der Waals surface area contributed by atoms with Gasteiger partial charge in [0.1, 0.15) is 5.82 Å². The van der Waals surface area contributed by atoms with Crippen LogP contribution in [0.3, 0.4) is 0 Å². The SMILES string of the molecule is CNc1cc(C(=O)N2CCCNC(=O)C2)cc(C)n1. The largest absolute Gasteiger partial charge is 0.373 e. The maximum absolute atomic E-state index is 12.4. The van der Waals surface area contributed by atoms with Gasteiger partial charge in [-0.15, -0.1) is 0 Å². The van der Waals surface area contributed by atoms with Gasteiger partial charge in [-0.25, -0.2) is 4.98 Å². The number of pyridine rings is 1. The van der Waals surface area contributed by atoms with E-state index in [1.807, 2.05) is 6.92 Å². The lowest BCUT2D eigenvalue weighted by atomic mass is 10.2. The Morgan fingerprint density at radius 3 is 3.00 bits per heavy atom. The molecule has 0 unspecified atom stereocenters. The van der Waals surface area contributed by atoms with Crippen molar-refractivity contribution < 1.29 is 9.59 Å². The first-order valence-electron chi connectivity index (χ1n) is 6.32. The van der Waals surface area contributed by atoms with Gasteiger partial charge in [0.25, 0.3) is 5.91 Å². The number of nitrogens with one attached hydrogen (secondary N) is 2. The first-order valence-corrected chi connectivity index (χ1v) is 6.32. The van der Waals surface area contributed by atoms with Gasteiger partial charge in [0.2, 0.25) is 5.91 Å². The van der Waals surface area contributed by atoms with Crippen LogP contribution in [0, 0.1) is 6.92 Å². The zero-order valence-corrected chi connectivity index (χ0v) is 11.2. The van der Waals surface area contributed by atoms with Crippen molar-refractivity contribution in [1.29, 1.82) is 0 Å². The summed E-state index contributed by atoms with van der Waals surface area (Å²) in [5.74, 6) is 0.423. The third-order valence-corrected chi connectivity index (χ3v) is 3.01. The maximum Gasteiger partial charge on any atom is 0.254 e. The number of anilines is 1. The molecule has 0 bridgehead atoms. The molecule has 2 N–H and O–H groups in total. The molecule has 0 aromatic carbocycles. The van der Waals surface area contributed by atoms with Gasteiger partial charge in [0.05, 0.1) is 6.54 Å². The highest BCUT2D eigenvalue weighted by Gasteiger charge is 2.21. The summed E-state index contributed by atoms with van der Waals surface area (Å²) in [7, 11) is 1.76. The van der Waals surface area contributed by atoms with Crippen LogP contribution in [-0.4, -0.2) is 48.4 Å². The highest BCUT2D eigenvalue weighted by Crippen LogP contribution is 2.13. The lowest BCUT2D eigenvalue weighted by molar-refractivity contribution is -0.121. The normalized spacial score (nSPS) is 15.7. The average molecular weight is 262 g/mol. The Bertz CT molecular complexity index is 501. The van der Waals surface area contributed by atoms with Crippen LogP contribution in [0.25, 0.3) is 0 Å². The van der Waals surface area contributed by atoms with E-state index in [9.17, 15) is 9.59 Å². The van der Waals surface area contributed by atoms with Crippen LogP contribution < -0.4 is 10.6 Å². The minimum Gasteiger partial charge on any atom is -0.373 e. The molecule has 1 fully saturated rings. The zero-order valence-electron chi connectivity index (χ0n) is 11.2. The minimum absolute atomic E-state index is 0.106. The Balaban J connectivity index is 2.22. The Hall–Kier alpha value is -2.11. The number of hydrogen-bond acceptors (Lipinski definition) is 4. The lowest BCUT2D eigenvalue weighted by Crippen LogP contribution is -2.37. The molecule has 1 aromatic rings. The molecule has 0 radical (unpaired) electrons. The molecule has 6 heteroatoms. The van der Waals surface area contributed by atoms with E-state index in [0.29, 0.717) is 24.5 Å². The molecule has 1 aromatic heterocycles. The molecule has 1 aliphatic heterocycles. The van der Waals surface area contributed by atoms with Gasteiger partial charge >= 0.3 is 0 Å². The molecular weight excluding hydrogens is 244 g/mol. The van der Waals surface area contributed by atoms with E-state index in [2.05, 4.69) is 15.6 Å². The number of hydrogen-bond donors (Lipinski definition) is 2. The van der Waals surface area contributed by atoms with Crippen molar-refractivity contribution in [3.05, 3.63) is 23.4 Å². The van der Waals surface area contributed by atoms with Crippen molar-refractivity contribution in [3.63, 3.8) is 0 Å². The van der Waals surface area contributed by atoms with E-state index < -0.39 is 0 Å². The number of amides is 2.